The van der Waals surface area contributed by atoms with Crippen LogP contribution in [0.25, 0.3) is 22.1 Å². The molecule has 8 heteroatoms. The molecule has 0 spiro atoms. The van der Waals surface area contributed by atoms with Crippen LogP contribution in [0.5, 0.6) is 0 Å². The first kappa shape index (κ1) is 20.6. The quantitative estimate of drug-likeness (QED) is 0.361. The van der Waals surface area contributed by atoms with E-state index in [0.717, 1.165) is 11.1 Å². The fourth-order valence-corrected chi connectivity index (χ4v) is 3.37. The molecule has 4 aromatic rings. The number of aliphatic hydroxyl groups excluding tert-OH is 1. The fraction of sp³-hybridized carbons (Fsp3) is 0.0870. The zero-order valence-corrected chi connectivity index (χ0v) is 17.0. The first-order chi connectivity index (χ1) is 15.1. The summed E-state index contributed by atoms with van der Waals surface area (Å²) in [5.74, 6) is -0.727. The predicted molar refractivity (Wildman–Crippen MR) is 120 cm³/mol. The van der Waals surface area contributed by atoms with Crippen LogP contribution in [0.4, 0.5) is 11.5 Å². The number of aliphatic carboxylic acids is 1. The molecule has 0 aliphatic rings. The topological polar surface area (TPSA) is 108 Å². The maximum atomic E-state index is 11.0. The molecule has 0 aliphatic heterocycles. The average molecular weight is 436 g/mol. The Balaban J connectivity index is 1.65. The normalized spacial score (nSPS) is 12.3. The zero-order valence-electron chi connectivity index (χ0n) is 16.2. The first-order valence-electron chi connectivity index (χ1n) is 9.44. The van der Waals surface area contributed by atoms with Crippen LogP contribution in [0.2, 0.25) is 5.02 Å². The number of carboxylic acids is 1. The van der Waals surface area contributed by atoms with Crippen LogP contribution in [0.15, 0.2) is 76.2 Å². The molecule has 31 heavy (non-hydrogen) atoms. The van der Waals surface area contributed by atoms with Gasteiger partial charge in [0.1, 0.15) is 0 Å². The molecule has 3 aromatic carbocycles. The third-order valence-electron chi connectivity index (χ3n) is 4.69. The number of nitrogens with one attached hydrogen (secondary N) is 1. The molecule has 3 N–H and O–H groups in total. The number of rotatable bonds is 7. The van der Waals surface area contributed by atoms with Gasteiger partial charge in [0, 0.05) is 11.8 Å². The van der Waals surface area contributed by atoms with Crippen molar-refractivity contribution in [3.05, 3.63) is 77.3 Å². The number of aromatic nitrogens is 1. The molecule has 0 saturated carbocycles. The molecule has 0 unspecified atom stereocenters. The lowest BCUT2D eigenvalue weighted by atomic mass is 10.0. The summed E-state index contributed by atoms with van der Waals surface area (Å²) in [6.07, 6.45) is 1.40. The highest BCUT2D eigenvalue weighted by Gasteiger charge is 2.15. The Morgan fingerprint density at radius 1 is 1.16 bits per heavy atom. The smallest absolute Gasteiger partial charge is 0.330 e. The molecule has 0 aliphatic carbocycles. The summed E-state index contributed by atoms with van der Waals surface area (Å²) in [6, 6.07) is 19.5. The minimum Gasteiger partial charge on any atom is -0.480 e. The van der Waals surface area contributed by atoms with E-state index in [9.17, 15) is 4.79 Å². The molecule has 1 aromatic heterocycles. The largest absolute Gasteiger partial charge is 0.480 e. The average Bonchev–Trinajstić information content (AvgIpc) is 3.18. The van der Waals surface area contributed by atoms with Crippen molar-refractivity contribution in [2.75, 3.05) is 11.9 Å². The summed E-state index contributed by atoms with van der Waals surface area (Å²) < 4.78 is 5.38. The molecule has 4 rings (SSSR count). The van der Waals surface area contributed by atoms with Crippen molar-refractivity contribution >= 4 is 46.3 Å². The predicted octanol–water partition coefficient (Wildman–Crippen LogP) is 4.76. The maximum Gasteiger partial charge on any atom is 0.330 e. The number of carboxylic acid groups (broad SMARTS) is 1. The second-order valence-electron chi connectivity index (χ2n) is 6.76. The van der Waals surface area contributed by atoms with E-state index in [0.29, 0.717) is 33.1 Å². The highest BCUT2D eigenvalue weighted by Crippen LogP contribution is 2.36. The van der Waals surface area contributed by atoms with Gasteiger partial charge in [0.15, 0.2) is 17.4 Å². The van der Waals surface area contributed by atoms with E-state index >= 15 is 0 Å². The molecule has 0 saturated heterocycles. The van der Waals surface area contributed by atoms with Gasteiger partial charge in [-0.05, 0) is 35.4 Å². The third kappa shape index (κ3) is 4.42. The highest BCUT2D eigenvalue weighted by atomic mass is 35.5. The summed E-state index contributed by atoms with van der Waals surface area (Å²) in [7, 11) is 0. The molecular weight excluding hydrogens is 418 g/mol. The SMILES string of the molecule is O=C(O)[C@@H](CO)N=Cc1ccc2onc(Nc3cccc(-c4ccccc4)c3Cl)c2c1. The number of aliphatic imine (C=N–C) groups is 1. The van der Waals surface area contributed by atoms with E-state index in [1.807, 2.05) is 48.5 Å². The Morgan fingerprint density at radius 3 is 2.71 bits per heavy atom. The number of halogens is 1. The Bertz CT molecular complexity index is 1250. The summed E-state index contributed by atoms with van der Waals surface area (Å²) in [5, 5.41) is 26.7. The number of hydrogen-bond acceptors (Lipinski definition) is 6. The minimum atomic E-state index is -1.21. The lowest BCUT2D eigenvalue weighted by Gasteiger charge is -2.10. The van der Waals surface area contributed by atoms with E-state index in [1.165, 1.54) is 6.21 Å². The standard InChI is InChI=1S/C23H18ClN3O4/c24-21-16(15-5-2-1-3-6-15)7-4-8-18(21)26-22-17-11-14(9-10-20(17)31-27-22)12-25-19(13-28)23(29)30/h1-12,19,28H,13H2,(H,26,27)(H,29,30)/t19-/m1/s1. The van der Waals surface area contributed by atoms with Gasteiger partial charge < -0.3 is 20.1 Å². The molecule has 156 valence electrons. The van der Waals surface area contributed by atoms with Crippen LogP contribution in [0.1, 0.15) is 5.56 Å². The van der Waals surface area contributed by atoms with E-state index in [2.05, 4.69) is 15.5 Å². The van der Waals surface area contributed by atoms with Crippen LogP contribution >= 0.6 is 11.6 Å². The van der Waals surface area contributed by atoms with Gasteiger partial charge in [-0.25, -0.2) is 4.79 Å². The number of hydrogen-bond donors (Lipinski definition) is 3. The molecular formula is C23H18ClN3O4. The second kappa shape index (κ2) is 8.99. The highest BCUT2D eigenvalue weighted by molar-refractivity contribution is 6.36. The summed E-state index contributed by atoms with van der Waals surface area (Å²) in [4.78, 5) is 14.9. The molecule has 0 fully saturated rings. The number of anilines is 2. The van der Waals surface area contributed by atoms with Crippen LogP contribution in [-0.2, 0) is 4.79 Å². The Kier molecular flexibility index (Phi) is 5.97. The van der Waals surface area contributed by atoms with Gasteiger partial charge in [-0.2, -0.15) is 0 Å². The Labute approximate surface area is 182 Å². The van der Waals surface area contributed by atoms with Gasteiger partial charge in [0.05, 0.1) is 22.7 Å². The van der Waals surface area contributed by atoms with Gasteiger partial charge in [-0.15, -0.1) is 0 Å². The Hall–Kier alpha value is -3.68. The van der Waals surface area contributed by atoms with Gasteiger partial charge in [0.2, 0.25) is 0 Å². The van der Waals surface area contributed by atoms with Crippen molar-refractivity contribution in [1.29, 1.82) is 0 Å². The van der Waals surface area contributed by atoms with E-state index < -0.39 is 18.6 Å². The van der Waals surface area contributed by atoms with E-state index in [4.69, 9.17) is 26.3 Å². The number of carbonyl (C=O) groups is 1. The van der Waals surface area contributed by atoms with E-state index in [1.54, 1.807) is 18.2 Å². The fourth-order valence-electron chi connectivity index (χ4n) is 3.09. The summed E-state index contributed by atoms with van der Waals surface area (Å²) in [5.41, 5.74) is 3.74. The van der Waals surface area contributed by atoms with Crippen molar-refractivity contribution in [3.8, 4) is 11.1 Å². The van der Waals surface area contributed by atoms with Gasteiger partial charge >= 0.3 is 5.97 Å². The van der Waals surface area contributed by atoms with Crippen LogP contribution in [-0.4, -0.2) is 40.2 Å². The summed E-state index contributed by atoms with van der Waals surface area (Å²) >= 11 is 6.65. The monoisotopic (exact) mass is 435 g/mol. The first-order valence-corrected chi connectivity index (χ1v) is 9.82. The lowest BCUT2D eigenvalue weighted by molar-refractivity contribution is -0.139. The maximum absolute atomic E-state index is 11.0. The van der Waals surface area contributed by atoms with Crippen LogP contribution in [0, 0.1) is 0 Å². The van der Waals surface area contributed by atoms with E-state index in [-0.39, 0.29) is 0 Å². The zero-order chi connectivity index (χ0) is 21.8. The van der Waals surface area contributed by atoms with Crippen molar-refractivity contribution in [3.63, 3.8) is 0 Å². The summed E-state index contributed by atoms with van der Waals surface area (Å²) in [6.45, 7) is -0.579. The Morgan fingerprint density at radius 2 is 1.97 bits per heavy atom. The molecule has 0 radical (unpaired) electrons. The number of benzene rings is 3. The second-order valence-corrected chi connectivity index (χ2v) is 7.14. The van der Waals surface area contributed by atoms with Gasteiger partial charge in [0.25, 0.3) is 0 Å². The third-order valence-corrected chi connectivity index (χ3v) is 5.10. The van der Waals surface area contributed by atoms with Crippen LogP contribution < -0.4 is 5.32 Å². The van der Waals surface area contributed by atoms with Gasteiger partial charge in [-0.3, -0.25) is 4.99 Å². The number of nitrogens with zero attached hydrogens (tertiary/aromatic N) is 2. The number of aliphatic hydroxyl groups is 1. The van der Waals surface area contributed by atoms with Crippen molar-refractivity contribution < 1.29 is 19.5 Å². The van der Waals surface area contributed by atoms with Crippen LogP contribution in [0.3, 0.4) is 0 Å². The molecule has 1 atom stereocenters. The molecule has 0 bridgehead atoms. The molecule has 0 amide bonds. The van der Waals surface area contributed by atoms with Crippen molar-refractivity contribution in [2.45, 2.75) is 6.04 Å². The molecule has 7 nitrogen and oxygen atoms in total. The van der Waals surface area contributed by atoms with Crippen molar-refractivity contribution in [2.24, 2.45) is 4.99 Å². The minimum absolute atomic E-state index is 0.467. The lowest BCUT2D eigenvalue weighted by Crippen LogP contribution is -2.22. The molecule has 1 heterocycles. The van der Waals surface area contributed by atoms with Crippen molar-refractivity contribution in [1.82, 2.24) is 5.16 Å². The van der Waals surface area contributed by atoms with Gasteiger partial charge in [-0.1, -0.05) is 59.2 Å². The number of fused-ring (bicyclic) bond motifs is 1.